The van der Waals surface area contributed by atoms with Crippen LogP contribution in [-0.2, 0) is 20.1 Å². The molecule has 0 fully saturated rings. The first-order chi connectivity index (χ1) is 20.2. The molecule has 0 atom stereocenters. The number of pyridine rings is 2. The van der Waals surface area contributed by atoms with Crippen molar-refractivity contribution in [1.82, 2.24) is 9.97 Å². The van der Waals surface area contributed by atoms with Gasteiger partial charge in [-0.05, 0) is 35.6 Å². The third-order valence-corrected chi connectivity index (χ3v) is 10.9. The first-order valence-corrected chi connectivity index (χ1v) is 20.3. The molecule has 6 rings (SSSR count). The molecule has 0 spiro atoms. The predicted molar refractivity (Wildman–Crippen MR) is 166 cm³/mol. The zero-order valence-electron chi connectivity index (χ0n) is 27.3. The third-order valence-electron chi connectivity index (χ3n) is 6.65. The summed E-state index contributed by atoms with van der Waals surface area (Å²) in [5, 5.41) is 1.95. The molecule has 1 radical (unpaired) electrons. The minimum absolute atomic E-state index is 0. The first-order valence-electron chi connectivity index (χ1n) is 15.0. The Kier molecular flexibility index (Phi) is 7.81. The summed E-state index contributed by atoms with van der Waals surface area (Å²) in [6.45, 7) is 1.02. The summed E-state index contributed by atoms with van der Waals surface area (Å²) in [7, 11) is 0. The van der Waals surface area contributed by atoms with Crippen LogP contribution in [0.5, 0.6) is 0 Å². The van der Waals surface area contributed by atoms with Crippen LogP contribution in [0.4, 0.5) is 0 Å². The maximum atomic E-state index is 8.39. The molecule has 0 aliphatic rings. The Morgan fingerprint density at radius 3 is 2.30 bits per heavy atom. The van der Waals surface area contributed by atoms with Gasteiger partial charge in [0.1, 0.15) is 5.58 Å². The number of rotatable bonds is 4. The number of fused-ring (bicyclic) bond motifs is 3. The van der Waals surface area contributed by atoms with E-state index in [-0.39, 0.29) is 25.7 Å². The van der Waals surface area contributed by atoms with Crippen LogP contribution >= 0.6 is 0 Å². The van der Waals surface area contributed by atoms with Crippen LogP contribution in [0, 0.1) is 19.0 Å². The van der Waals surface area contributed by atoms with Gasteiger partial charge in [-0.1, -0.05) is 49.1 Å². The van der Waals surface area contributed by atoms with Crippen LogP contribution in [0.15, 0.2) is 95.7 Å². The summed E-state index contributed by atoms with van der Waals surface area (Å²) < 4.78 is 39.1. The fraction of sp³-hybridized carbons (Fsp3) is 0.200. The molecule has 0 aliphatic heterocycles. The molecular weight excluding hydrogens is 729 g/mol. The van der Waals surface area contributed by atoms with Crippen LogP contribution in [0.3, 0.4) is 0 Å². The Morgan fingerprint density at radius 2 is 1.62 bits per heavy atom. The number of hydrogen-bond acceptors (Lipinski definition) is 3. The van der Waals surface area contributed by atoms with Gasteiger partial charge in [0, 0.05) is 37.2 Å². The minimum atomic E-state index is -2.33. The molecule has 0 saturated heterocycles. The van der Waals surface area contributed by atoms with E-state index in [9.17, 15) is 0 Å². The van der Waals surface area contributed by atoms with Gasteiger partial charge in [0.2, 0.25) is 0 Å². The SMILES string of the molecule is [2H]C([2H])([2H])c1cnc(-c2[c-]ccc3c2oc2ccccc23)cc1C([2H])(C)C.[CH3][Ge]([CH3])([CH3])[c]1ccc(-c2[c-]cccc2)nc1.[Ir]. The van der Waals surface area contributed by atoms with Crippen molar-refractivity contribution in [2.75, 3.05) is 0 Å². The van der Waals surface area contributed by atoms with Crippen molar-refractivity contribution < 1.29 is 30.0 Å². The molecule has 0 unspecified atom stereocenters. The maximum absolute atomic E-state index is 8.39. The summed E-state index contributed by atoms with van der Waals surface area (Å²) in [6.07, 6.45) is 3.39. The summed E-state index contributed by atoms with van der Waals surface area (Å²) in [6, 6.07) is 31.8. The van der Waals surface area contributed by atoms with Crippen molar-refractivity contribution in [3.05, 3.63) is 115 Å². The van der Waals surface area contributed by atoms with E-state index < -0.39 is 26.0 Å². The summed E-state index contributed by atoms with van der Waals surface area (Å²) in [5.41, 5.74) is 5.23. The minimum Gasteiger partial charge on any atom is 0 e. The van der Waals surface area contributed by atoms with Crippen molar-refractivity contribution in [1.29, 1.82) is 0 Å². The van der Waals surface area contributed by atoms with Crippen molar-refractivity contribution in [2.45, 2.75) is 43.9 Å². The van der Waals surface area contributed by atoms with Crippen LogP contribution in [-0.4, -0.2) is 23.2 Å². The Morgan fingerprint density at radius 1 is 0.850 bits per heavy atom. The fourth-order valence-corrected chi connectivity index (χ4v) is 6.61. The van der Waals surface area contributed by atoms with Gasteiger partial charge in [-0.15, -0.1) is 18.2 Å². The van der Waals surface area contributed by atoms with Gasteiger partial charge in [0.05, 0.1) is 5.58 Å². The largest absolute Gasteiger partial charge is 0 e. The predicted octanol–water partition coefficient (Wildman–Crippen LogP) is 8.97. The van der Waals surface area contributed by atoms with Crippen LogP contribution < -0.4 is 4.40 Å². The normalized spacial score (nSPS) is 13.3. The van der Waals surface area contributed by atoms with E-state index in [1.165, 1.54) is 10.6 Å². The van der Waals surface area contributed by atoms with Gasteiger partial charge >= 0.3 is 99.8 Å². The average molecular weight is 768 g/mol. The molecule has 40 heavy (non-hydrogen) atoms. The van der Waals surface area contributed by atoms with E-state index in [0.29, 0.717) is 22.4 Å². The quantitative estimate of drug-likeness (QED) is 0.133. The molecule has 5 heteroatoms. The van der Waals surface area contributed by atoms with Gasteiger partial charge in [0.15, 0.2) is 0 Å². The molecule has 0 N–H and O–H groups in total. The van der Waals surface area contributed by atoms with E-state index in [1.54, 1.807) is 19.9 Å². The Labute approximate surface area is 259 Å². The number of furan rings is 1. The van der Waals surface area contributed by atoms with E-state index >= 15 is 0 Å². The van der Waals surface area contributed by atoms with Gasteiger partial charge in [0.25, 0.3) is 0 Å². The number of aromatic nitrogens is 2. The molecule has 3 aromatic carbocycles. The second-order valence-corrected chi connectivity index (χ2v) is 21.4. The first kappa shape index (κ1) is 24.7. The van der Waals surface area contributed by atoms with Crippen molar-refractivity contribution >= 4 is 39.6 Å². The summed E-state index contributed by atoms with van der Waals surface area (Å²) in [5.74, 6) is 6.06. The number of nitrogens with zero attached hydrogens (tertiary/aromatic N) is 2. The summed E-state index contributed by atoms with van der Waals surface area (Å²) >= 11 is -1.72. The zero-order chi connectivity index (χ0) is 31.0. The molecular formula is C35H34GeIrN2O-2. The average Bonchev–Trinajstić information content (AvgIpc) is 3.35. The van der Waals surface area contributed by atoms with Gasteiger partial charge in [-0.2, -0.15) is 0 Å². The molecule has 3 aromatic heterocycles. The van der Waals surface area contributed by atoms with E-state index in [4.69, 9.17) is 9.90 Å². The van der Waals surface area contributed by atoms with Gasteiger partial charge in [-0.3, -0.25) is 0 Å². The smallest absolute Gasteiger partial charge is 0 e. The molecule has 0 amide bonds. The molecule has 6 aromatic rings. The molecule has 0 bridgehead atoms. The van der Waals surface area contributed by atoms with Crippen molar-refractivity contribution in [2.24, 2.45) is 0 Å². The van der Waals surface area contributed by atoms with Crippen LogP contribution in [0.2, 0.25) is 17.3 Å². The monoisotopic (exact) mass is 769 g/mol. The number of hydrogen-bond donors (Lipinski definition) is 0. The van der Waals surface area contributed by atoms with Gasteiger partial charge < -0.3 is 9.40 Å². The van der Waals surface area contributed by atoms with Crippen molar-refractivity contribution in [3.63, 3.8) is 0 Å². The second-order valence-electron chi connectivity index (χ2n) is 10.8. The van der Waals surface area contributed by atoms with Crippen LogP contribution in [0.25, 0.3) is 44.5 Å². The number of benzene rings is 3. The fourth-order valence-electron chi connectivity index (χ4n) is 4.44. The number of para-hydroxylation sites is 1. The number of aryl methyl sites for hydroxylation is 1. The molecule has 205 valence electrons. The van der Waals surface area contributed by atoms with E-state index in [1.807, 2.05) is 66.9 Å². The standard InChI is InChI=1S/C21H18NO.C14H16GeN.Ir/c1-13(2)18-11-19(22-12-14(18)3)17-9-6-8-16-15-7-4-5-10-20(15)23-21(16)17;1-15(2,3)13-9-10-14(16-11-13)12-7-5-4-6-8-12;/h4-8,10-13H,1-3H3;4-7,9-11H,1-3H3;/q2*-1;/i3D3,13D;;. The van der Waals surface area contributed by atoms with Crippen LogP contribution in [0.1, 0.15) is 36.4 Å². The molecule has 3 nitrogen and oxygen atoms in total. The molecule has 0 saturated carbocycles. The third kappa shape index (κ3) is 6.46. The Hall–Kier alpha value is -3.05. The van der Waals surface area contributed by atoms with E-state index in [2.05, 4.69) is 51.5 Å². The van der Waals surface area contributed by atoms with E-state index in [0.717, 1.165) is 27.6 Å². The Balaban J connectivity index is 0.000000223. The van der Waals surface area contributed by atoms with Crippen molar-refractivity contribution in [3.8, 4) is 22.5 Å². The topological polar surface area (TPSA) is 38.9 Å². The molecule has 3 heterocycles. The van der Waals surface area contributed by atoms with Gasteiger partial charge in [-0.25, -0.2) is 0 Å². The maximum Gasteiger partial charge on any atom is 0 e. The second kappa shape index (κ2) is 12.6. The Bertz CT molecular complexity index is 1870. The summed E-state index contributed by atoms with van der Waals surface area (Å²) in [4.78, 5) is 8.91. The zero-order valence-corrected chi connectivity index (χ0v) is 27.8. The molecule has 0 aliphatic carbocycles.